The second-order valence-electron chi connectivity index (χ2n) is 11.7. The lowest BCUT2D eigenvalue weighted by molar-refractivity contribution is 1.32. The minimum atomic E-state index is 0.949. The second-order valence-corrected chi connectivity index (χ2v) is 11.7. The Morgan fingerprint density at radius 2 is 0.438 bits per heavy atom. The average Bonchev–Trinajstić information content (AvgIpc) is 3.19. The number of hydrogen-bond donors (Lipinski definition) is 0. The molecule has 48 heavy (non-hydrogen) atoms. The van der Waals surface area contributed by atoms with Crippen LogP contribution in [0.1, 0.15) is 0 Å². The van der Waals surface area contributed by atoms with Gasteiger partial charge < -0.3 is 0 Å². The van der Waals surface area contributed by atoms with Crippen LogP contribution in [0.5, 0.6) is 0 Å². The zero-order chi connectivity index (χ0) is 32.1. The predicted molar refractivity (Wildman–Crippen MR) is 200 cm³/mol. The molecule has 0 fully saturated rings. The summed E-state index contributed by atoms with van der Waals surface area (Å²) in [7, 11) is 0. The molecule has 0 aliphatic carbocycles. The van der Waals surface area contributed by atoms with Gasteiger partial charge in [-0.2, -0.15) is 0 Å². The van der Waals surface area contributed by atoms with Crippen molar-refractivity contribution >= 4 is 0 Å². The molecule has 8 rings (SSSR count). The molecule has 2 heteroatoms. The number of hydrogen-bond acceptors (Lipinski definition) is 2. The highest BCUT2D eigenvalue weighted by atomic mass is 14.7. The lowest BCUT2D eigenvalue weighted by Gasteiger charge is -2.18. The van der Waals surface area contributed by atoms with E-state index in [1.54, 1.807) is 0 Å². The molecule has 0 N–H and O–H groups in total. The fourth-order valence-electron chi connectivity index (χ4n) is 6.50. The van der Waals surface area contributed by atoms with Crippen molar-refractivity contribution in [2.75, 3.05) is 0 Å². The van der Waals surface area contributed by atoms with E-state index in [0.717, 1.165) is 67.3 Å². The van der Waals surface area contributed by atoms with E-state index in [1.807, 2.05) is 12.1 Å². The molecule has 2 nitrogen and oxygen atoms in total. The fourth-order valence-corrected chi connectivity index (χ4v) is 6.50. The van der Waals surface area contributed by atoms with Crippen LogP contribution < -0.4 is 0 Å². The maximum atomic E-state index is 5.13. The summed E-state index contributed by atoms with van der Waals surface area (Å²) < 4.78 is 0. The first-order valence-electron chi connectivity index (χ1n) is 16.3. The Bertz CT molecular complexity index is 2170. The highest BCUT2D eigenvalue weighted by Crippen LogP contribution is 2.43. The summed E-state index contributed by atoms with van der Waals surface area (Å²) in [6.07, 6.45) is 0. The minimum absolute atomic E-state index is 0.949. The molecule has 0 radical (unpaired) electrons. The zero-order valence-electron chi connectivity index (χ0n) is 26.4. The molecule has 226 valence electrons. The SMILES string of the molecule is c1ccc(-c2cccc(-c3ccccc3-c3ccccc3-c3ccccc3-c3ccccc3-c3cccc(-c4ccccc4)n3)n2)cc1. The monoisotopic (exact) mass is 612 g/mol. The van der Waals surface area contributed by atoms with E-state index < -0.39 is 0 Å². The van der Waals surface area contributed by atoms with Crippen LogP contribution in [0.4, 0.5) is 0 Å². The van der Waals surface area contributed by atoms with Gasteiger partial charge in [-0.25, -0.2) is 9.97 Å². The Hall–Kier alpha value is -6.38. The number of aromatic nitrogens is 2. The quantitative estimate of drug-likeness (QED) is 0.179. The van der Waals surface area contributed by atoms with Crippen LogP contribution >= 0.6 is 0 Å². The first kappa shape index (κ1) is 29.1. The predicted octanol–water partition coefficient (Wildman–Crippen LogP) is 12.1. The van der Waals surface area contributed by atoms with Crippen molar-refractivity contribution in [2.24, 2.45) is 0 Å². The van der Waals surface area contributed by atoms with Crippen LogP contribution in [-0.2, 0) is 0 Å². The fraction of sp³-hybridized carbons (Fsp3) is 0. The van der Waals surface area contributed by atoms with Crippen LogP contribution in [0.2, 0.25) is 0 Å². The normalized spacial score (nSPS) is 10.9. The van der Waals surface area contributed by atoms with Crippen LogP contribution in [0, 0.1) is 0 Å². The standard InChI is InChI=1S/C46H32N2/c1-3-17-33(18-4-1)43-29-15-31-45(47-43)41-27-13-11-25-39(41)37-23-9-7-21-35(37)36-22-8-10-24-38(36)40-26-12-14-28-42(40)46-32-16-30-44(48-46)34-19-5-2-6-20-34/h1-32H. The number of nitrogens with zero attached hydrogens (tertiary/aromatic N) is 2. The van der Waals surface area contributed by atoms with Crippen molar-refractivity contribution < 1.29 is 0 Å². The molecule has 0 spiro atoms. The van der Waals surface area contributed by atoms with E-state index in [4.69, 9.17) is 9.97 Å². The molecular formula is C46H32N2. The van der Waals surface area contributed by atoms with Crippen LogP contribution in [-0.4, -0.2) is 9.97 Å². The van der Waals surface area contributed by atoms with E-state index in [2.05, 4.69) is 182 Å². The first-order valence-corrected chi connectivity index (χ1v) is 16.3. The number of benzene rings is 6. The summed E-state index contributed by atoms with van der Waals surface area (Å²) in [6.45, 7) is 0. The van der Waals surface area contributed by atoms with Gasteiger partial charge in [-0.3, -0.25) is 0 Å². The van der Waals surface area contributed by atoms with E-state index in [0.29, 0.717) is 0 Å². The maximum absolute atomic E-state index is 5.13. The van der Waals surface area contributed by atoms with Gasteiger partial charge in [-0.1, -0.05) is 170 Å². The third-order valence-corrected chi connectivity index (χ3v) is 8.77. The van der Waals surface area contributed by atoms with E-state index in [9.17, 15) is 0 Å². The molecule has 0 amide bonds. The topological polar surface area (TPSA) is 25.8 Å². The smallest absolute Gasteiger partial charge is 0.0715 e. The third kappa shape index (κ3) is 5.72. The molecule has 0 unspecified atom stereocenters. The third-order valence-electron chi connectivity index (χ3n) is 8.77. The van der Waals surface area contributed by atoms with Crippen LogP contribution in [0.25, 0.3) is 78.4 Å². The molecule has 2 aromatic heterocycles. The van der Waals surface area contributed by atoms with Crippen molar-refractivity contribution in [1.82, 2.24) is 9.97 Å². The molecule has 2 heterocycles. The van der Waals surface area contributed by atoms with Crippen molar-refractivity contribution in [3.63, 3.8) is 0 Å². The van der Waals surface area contributed by atoms with Gasteiger partial charge in [0.05, 0.1) is 22.8 Å². The maximum Gasteiger partial charge on any atom is 0.0715 e. The second kappa shape index (κ2) is 13.2. The number of rotatable bonds is 7. The van der Waals surface area contributed by atoms with E-state index >= 15 is 0 Å². The summed E-state index contributed by atoms with van der Waals surface area (Å²) in [4.78, 5) is 10.3. The summed E-state index contributed by atoms with van der Waals surface area (Å²) in [6, 6.07) is 67.9. The largest absolute Gasteiger partial charge is 0.248 e. The summed E-state index contributed by atoms with van der Waals surface area (Å²) >= 11 is 0. The Balaban J connectivity index is 1.25. The molecular weight excluding hydrogens is 581 g/mol. The van der Waals surface area contributed by atoms with Gasteiger partial charge in [0.15, 0.2) is 0 Å². The molecule has 8 aromatic rings. The van der Waals surface area contributed by atoms with Crippen molar-refractivity contribution in [2.45, 2.75) is 0 Å². The van der Waals surface area contributed by atoms with Crippen molar-refractivity contribution in [1.29, 1.82) is 0 Å². The molecule has 0 atom stereocenters. The molecule has 6 aromatic carbocycles. The van der Waals surface area contributed by atoms with Crippen LogP contribution in [0.3, 0.4) is 0 Å². The highest BCUT2D eigenvalue weighted by molar-refractivity contribution is 5.97. The molecule has 0 aliphatic rings. The van der Waals surface area contributed by atoms with Gasteiger partial charge in [-0.05, 0) is 57.6 Å². The number of pyridine rings is 2. The first-order chi connectivity index (χ1) is 23.8. The van der Waals surface area contributed by atoms with Gasteiger partial charge in [0.2, 0.25) is 0 Å². The summed E-state index contributed by atoms with van der Waals surface area (Å²) in [5.74, 6) is 0. The van der Waals surface area contributed by atoms with Crippen molar-refractivity contribution in [3.05, 3.63) is 194 Å². The van der Waals surface area contributed by atoms with E-state index in [1.165, 1.54) is 11.1 Å². The van der Waals surface area contributed by atoms with Gasteiger partial charge in [0.25, 0.3) is 0 Å². The Kier molecular flexibility index (Phi) is 7.96. The molecule has 0 aliphatic heterocycles. The van der Waals surface area contributed by atoms with Gasteiger partial charge >= 0.3 is 0 Å². The van der Waals surface area contributed by atoms with Gasteiger partial charge in [0.1, 0.15) is 0 Å². The van der Waals surface area contributed by atoms with E-state index in [-0.39, 0.29) is 0 Å². The Morgan fingerprint density at radius 3 is 0.771 bits per heavy atom. The molecule has 0 bridgehead atoms. The lowest BCUT2D eigenvalue weighted by atomic mass is 9.86. The summed E-state index contributed by atoms with van der Waals surface area (Å²) in [5.41, 5.74) is 15.2. The minimum Gasteiger partial charge on any atom is -0.248 e. The molecule has 0 saturated carbocycles. The van der Waals surface area contributed by atoms with Gasteiger partial charge in [-0.15, -0.1) is 0 Å². The average molecular weight is 613 g/mol. The molecule has 0 saturated heterocycles. The Labute approximate surface area is 281 Å². The Morgan fingerprint density at radius 1 is 0.188 bits per heavy atom. The van der Waals surface area contributed by atoms with Crippen molar-refractivity contribution in [3.8, 4) is 78.4 Å². The lowest BCUT2D eigenvalue weighted by Crippen LogP contribution is -1.94. The zero-order valence-corrected chi connectivity index (χ0v) is 26.4. The van der Waals surface area contributed by atoms with Gasteiger partial charge in [0, 0.05) is 22.3 Å². The summed E-state index contributed by atoms with van der Waals surface area (Å²) in [5, 5.41) is 0. The highest BCUT2D eigenvalue weighted by Gasteiger charge is 2.18. The van der Waals surface area contributed by atoms with Crippen LogP contribution in [0.15, 0.2) is 194 Å².